The van der Waals surface area contributed by atoms with Crippen molar-refractivity contribution in [2.24, 2.45) is 5.92 Å². The number of aromatic nitrogens is 2. The molecule has 0 unspecified atom stereocenters. The SMILES string of the molecule is O=C(Nc1nccs1)[C@H]1CCCN(c2ccc([N+](=O)[O-])cn2)C1. The monoisotopic (exact) mass is 333 g/mol. The molecule has 0 saturated carbocycles. The lowest BCUT2D eigenvalue weighted by atomic mass is 9.97. The molecule has 1 saturated heterocycles. The first-order valence-electron chi connectivity index (χ1n) is 7.19. The number of piperidine rings is 1. The number of hydrogen-bond acceptors (Lipinski definition) is 7. The maximum absolute atomic E-state index is 12.3. The average molecular weight is 333 g/mol. The van der Waals surface area contributed by atoms with Gasteiger partial charge in [-0.25, -0.2) is 9.97 Å². The fourth-order valence-electron chi connectivity index (χ4n) is 2.57. The van der Waals surface area contributed by atoms with E-state index < -0.39 is 4.92 Å². The minimum atomic E-state index is -0.475. The Balaban J connectivity index is 1.65. The third-order valence-corrected chi connectivity index (χ3v) is 4.41. The van der Waals surface area contributed by atoms with Crippen LogP contribution in [0.15, 0.2) is 29.9 Å². The van der Waals surface area contributed by atoms with E-state index in [2.05, 4.69) is 15.3 Å². The third kappa shape index (κ3) is 3.62. The van der Waals surface area contributed by atoms with Gasteiger partial charge in [-0.2, -0.15) is 0 Å². The van der Waals surface area contributed by atoms with Crippen molar-refractivity contribution in [3.63, 3.8) is 0 Å². The largest absolute Gasteiger partial charge is 0.356 e. The van der Waals surface area contributed by atoms with Gasteiger partial charge in [-0.3, -0.25) is 14.9 Å². The van der Waals surface area contributed by atoms with E-state index in [0.717, 1.165) is 19.4 Å². The zero-order chi connectivity index (χ0) is 16.2. The normalized spacial score (nSPS) is 17.7. The molecule has 3 rings (SSSR count). The van der Waals surface area contributed by atoms with Crippen molar-refractivity contribution in [1.82, 2.24) is 9.97 Å². The number of rotatable bonds is 4. The highest BCUT2D eigenvalue weighted by Crippen LogP contribution is 2.24. The fraction of sp³-hybridized carbons (Fsp3) is 0.357. The molecule has 2 aromatic rings. The predicted octanol–water partition coefficient (Wildman–Crippen LogP) is 2.30. The van der Waals surface area contributed by atoms with Crippen LogP contribution in [0.2, 0.25) is 0 Å². The van der Waals surface area contributed by atoms with E-state index in [9.17, 15) is 14.9 Å². The predicted molar refractivity (Wildman–Crippen MR) is 86.6 cm³/mol. The molecule has 0 radical (unpaired) electrons. The smallest absolute Gasteiger partial charge is 0.287 e. The minimum absolute atomic E-state index is 0.0381. The number of nitro groups is 1. The van der Waals surface area contributed by atoms with E-state index in [1.54, 1.807) is 12.3 Å². The Morgan fingerprint density at radius 2 is 2.30 bits per heavy atom. The van der Waals surface area contributed by atoms with Gasteiger partial charge in [0.15, 0.2) is 5.13 Å². The molecule has 3 heterocycles. The molecule has 2 aromatic heterocycles. The zero-order valence-electron chi connectivity index (χ0n) is 12.2. The van der Waals surface area contributed by atoms with Crippen LogP contribution < -0.4 is 10.2 Å². The van der Waals surface area contributed by atoms with E-state index in [1.807, 2.05) is 10.3 Å². The Morgan fingerprint density at radius 1 is 1.43 bits per heavy atom. The molecule has 9 heteroatoms. The lowest BCUT2D eigenvalue weighted by Gasteiger charge is -2.32. The maximum Gasteiger partial charge on any atom is 0.287 e. The second-order valence-corrected chi connectivity index (χ2v) is 6.14. The molecule has 0 bridgehead atoms. The van der Waals surface area contributed by atoms with Crippen molar-refractivity contribution in [3.05, 3.63) is 40.0 Å². The van der Waals surface area contributed by atoms with Crippen LogP contribution in [0.5, 0.6) is 0 Å². The summed E-state index contributed by atoms with van der Waals surface area (Å²) in [6.07, 6.45) is 4.57. The summed E-state index contributed by atoms with van der Waals surface area (Å²) in [5.74, 6) is 0.457. The number of hydrogen-bond donors (Lipinski definition) is 1. The summed E-state index contributed by atoms with van der Waals surface area (Å²) in [6, 6.07) is 3.06. The fourth-order valence-corrected chi connectivity index (χ4v) is 3.10. The van der Waals surface area contributed by atoms with Gasteiger partial charge in [0.2, 0.25) is 5.91 Å². The molecule has 120 valence electrons. The second kappa shape index (κ2) is 6.69. The third-order valence-electron chi connectivity index (χ3n) is 3.72. The van der Waals surface area contributed by atoms with Crippen molar-refractivity contribution in [2.75, 3.05) is 23.3 Å². The lowest BCUT2D eigenvalue weighted by Crippen LogP contribution is -2.41. The van der Waals surface area contributed by atoms with Crippen LogP contribution in [0.3, 0.4) is 0 Å². The van der Waals surface area contributed by atoms with Gasteiger partial charge in [-0.15, -0.1) is 11.3 Å². The van der Waals surface area contributed by atoms with Gasteiger partial charge in [0.1, 0.15) is 12.0 Å². The Labute approximate surface area is 136 Å². The summed E-state index contributed by atoms with van der Waals surface area (Å²) in [6.45, 7) is 1.33. The van der Waals surface area contributed by atoms with E-state index in [0.29, 0.717) is 17.5 Å². The number of amides is 1. The molecule has 8 nitrogen and oxygen atoms in total. The molecular weight excluding hydrogens is 318 g/mol. The highest BCUT2D eigenvalue weighted by Gasteiger charge is 2.27. The molecule has 1 atom stereocenters. The highest BCUT2D eigenvalue weighted by molar-refractivity contribution is 7.13. The molecule has 1 fully saturated rings. The molecule has 1 N–H and O–H groups in total. The maximum atomic E-state index is 12.3. The first kappa shape index (κ1) is 15.3. The summed E-state index contributed by atoms with van der Waals surface area (Å²) < 4.78 is 0. The van der Waals surface area contributed by atoms with E-state index in [1.165, 1.54) is 23.6 Å². The van der Waals surface area contributed by atoms with Gasteiger partial charge < -0.3 is 10.2 Å². The Hall–Kier alpha value is -2.55. The van der Waals surface area contributed by atoms with Crippen molar-refractivity contribution in [3.8, 4) is 0 Å². The van der Waals surface area contributed by atoms with Crippen LogP contribution in [0, 0.1) is 16.0 Å². The minimum Gasteiger partial charge on any atom is -0.356 e. The molecule has 23 heavy (non-hydrogen) atoms. The lowest BCUT2D eigenvalue weighted by molar-refractivity contribution is -0.385. The van der Waals surface area contributed by atoms with Crippen LogP contribution in [-0.2, 0) is 4.79 Å². The number of nitrogens with one attached hydrogen (secondary N) is 1. The number of thiazole rings is 1. The van der Waals surface area contributed by atoms with Gasteiger partial charge in [0, 0.05) is 30.7 Å². The Bertz CT molecular complexity index is 689. The molecule has 1 aliphatic rings. The van der Waals surface area contributed by atoms with E-state index in [4.69, 9.17) is 0 Å². The first-order valence-corrected chi connectivity index (χ1v) is 8.07. The van der Waals surface area contributed by atoms with E-state index >= 15 is 0 Å². The van der Waals surface area contributed by atoms with Crippen molar-refractivity contribution in [1.29, 1.82) is 0 Å². The first-order chi connectivity index (χ1) is 11.1. The Kier molecular flexibility index (Phi) is 4.47. The highest BCUT2D eigenvalue weighted by atomic mass is 32.1. The van der Waals surface area contributed by atoms with Crippen LogP contribution in [-0.4, -0.2) is 33.9 Å². The number of nitrogens with zero attached hydrogens (tertiary/aromatic N) is 4. The van der Waals surface area contributed by atoms with Gasteiger partial charge in [0.05, 0.1) is 10.8 Å². The molecule has 1 aliphatic heterocycles. The van der Waals surface area contributed by atoms with Gasteiger partial charge in [0.25, 0.3) is 5.69 Å². The van der Waals surface area contributed by atoms with Crippen molar-refractivity contribution in [2.45, 2.75) is 12.8 Å². The quantitative estimate of drug-likeness (QED) is 0.680. The second-order valence-electron chi connectivity index (χ2n) is 5.24. The van der Waals surface area contributed by atoms with E-state index in [-0.39, 0.29) is 17.5 Å². The summed E-state index contributed by atoms with van der Waals surface area (Å²) in [7, 11) is 0. The topological polar surface area (TPSA) is 101 Å². The van der Waals surface area contributed by atoms with Crippen LogP contribution in [0.4, 0.5) is 16.6 Å². The van der Waals surface area contributed by atoms with Crippen LogP contribution in [0.25, 0.3) is 0 Å². The summed E-state index contributed by atoms with van der Waals surface area (Å²) >= 11 is 1.38. The number of anilines is 2. The van der Waals surface area contributed by atoms with Gasteiger partial charge >= 0.3 is 0 Å². The number of pyridine rings is 1. The van der Waals surface area contributed by atoms with Crippen LogP contribution >= 0.6 is 11.3 Å². The zero-order valence-corrected chi connectivity index (χ0v) is 13.0. The Morgan fingerprint density at radius 3 is 2.96 bits per heavy atom. The molecule has 0 aliphatic carbocycles. The van der Waals surface area contributed by atoms with Crippen molar-refractivity contribution >= 4 is 33.9 Å². The molecule has 0 spiro atoms. The summed E-state index contributed by atoms with van der Waals surface area (Å²) in [5.41, 5.74) is -0.0381. The molecular formula is C14H15N5O3S. The van der Waals surface area contributed by atoms with Crippen molar-refractivity contribution < 1.29 is 9.72 Å². The molecule has 1 amide bonds. The number of carbonyl (C=O) groups excluding carboxylic acids is 1. The molecule has 0 aromatic carbocycles. The van der Waals surface area contributed by atoms with Gasteiger partial charge in [-0.05, 0) is 18.9 Å². The summed E-state index contributed by atoms with van der Waals surface area (Å²) in [4.78, 5) is 32.7. The standard InChI is InChI=1S/C14H15N5O3S/c20-13(17-14-15-5-7-23-14)10-2-1-6-18(9-10)12-4-3-11(8-16-12)19(21)22/h3-5,7-8,10H,1-2,6,9H2,(H,15,17,20)/t10-/m0/s1. The van der Waals surface area contributed by atoms with Crippen LogP contribution in [0.1, 0.15) is 12.8 Å². The summed E-state index contributed by atoms with van der Waals surface area (Å²) in [5, 5.41) is 15.9. The number of carbonyl (C=O) groups is 1. The average Bonchev–Trinajstić information content (AvgIpc) is 3.08. The van der Waals surface area contributed by atoms with Gasteiger partial charge in [-0.1, -0.05) is 0 Å².